The lowest BCUT2D eigenvalue weighted by atomic mass is 10.2. The second-order valence-corrected chi connectivity index (χ2v) is 6.97. The number of rotatable bonds is 4. The average Bonchev–Trinajstić information content (AvgIpc) is 2.99. The molecule has 3 heterocycles. The van der Waals surface area contributed by atoms with Crippen LogP contribution in [0.3, 0.4) is 0 Å². The minimum atomic E-state index is -1.01. The summed E-state index contributed by atoms with van der Waals surface area (Å²) in [4.78, 5) is 17.8. The third-order valence-corrected chi connectivity index (χ3v) is 4.87. The Hall–Kier alpha value is -2.71. The van der Waals surface area contributed by atoms with Crippen LogP contribution >= 0.6 is 0 Å². The highest BCUT2D eigenvalue weighted by Gasteiger charge is 2.39. The minimum absolute atomic E-state index is 0.166. The Morgan fingerprint density at radius 3 is 2.39 bits per heavy atom. The molecular formula is C20H21FN2O5. The third-order valence-electron chi connectivity index (χ3n) is 4.87. The maximum absolute atomic E-state index is 13.0. The van der Waals surface area contributed by atoms with Gasteiger partial charge in [-0.3, -0.25) is 0 Å². The van der Waals surface area contributed by atoms with Gasteiger partial charge in [-0.05, 0) is 43.3 Å². The zero-order valence-corrected chi connectivity index (χ0v) is 15.4. The van der Waals surface area contributed by atoms with Crippen molar-refractivity contribution in [3.8, 4) is 5.75 Å². The maximum Gasteiger partial charge on any atom is 0.339 e. The molecule has 1 N–H and O–H groups in total. The lowest BCUT2D eigenvalue weighted by molar-refractivity contribution is -0.00461. The molecule has 7 nitrogen and oxygen atoms in total. The van der Waals surface area contributed by atoms with Crippen LogP contribution in [0.4, 0.5) is 10.2 Å². The molecule has 0 saturated carbocycles. The van der Waals surface area contributed by atoms with Gasteiger partial charge in [-0.25, -0.2) is 14.2 Å². The lowest BCUT2D eigenvalue weighted by Crippen LogP contribution is -2.30. The molecule has 1 aromatic heterocycles. The van der Waals surface area contributed by atoms with E-state index in [9.17, 15) is 14.3 Å². The van der Waals surface area contributed by atoms with E-state index in [0.29, 0.717) is 37.9 Å². The molecule has 4 rings (SSSR count). The van der Waals surface area contributed by atoms with E-state index in [2.05, 4.69) is 4.98 Å². The molecule has 0 amide bonds. The van der Waals surface area contributed by atoms with Crippen LogP contribution in [-0.2, 0) is 9.47 Å². The summed E-state index contributed by atoms with van der Waals surface area (Å²) in [5.41, 5.74) is 0.918. The summed E-state index contributed by atoms with van der Waals surface area (Å²) >= 11 is 0. The summed E-state index contributed by atoms with van der Waals surface area (Å²) in [5.74, 6) is -0.334. The fourth-order valence-corrected chi connectivity index (χ4v) is 3.47. The van der Waals surface area contributed by atoms with Crippen molar-refractivity contribution in [1.29, 1.82) is 0 Å². The van der Waals surface area contributed by atoms with Gasteiger partial charge < -0.3 is 24.2 Å². The molecule has 0 unspecified atom stereocenters. The van der Waals surface area contributed by atoms with Gasteiger partial charge in [-0.2, -0.15) is 0 Å². The number of benzene rings is 1. The van der Waals surface area contributed by atoms with Crippen LogP contribution in [0, 0.1) is 12.7 Å². The van der Waals surface area contributed by atoms with Crippen LogP contribution < -0.4 is 9.64 Å². The van der Waals surface area contributed by atoms with E-state index in [0.717, 1.165) is 5.69 Å². The van der Waals surface area contributed by atoms with Crippen LogP contribution in [0.5, 0.6) is 5.75 Å². The van der Waals surface area contributed by atoms with E-state index in [4.69, 9.17) is 14.2 Å². The summed E-state index contributed by atoms with van der Waals surface area (Å²) in [6.07, 6.45) is -0.701. The molecule has 0 bridgehead atoms. The number of aryl methyl sites for hydroxylation is 1. The number of aromatic carboxylic acids is 1. The number of anilines is 1. The van der Waals surface area contributed by atoms with Gasteiger partial charge in [-0.15, -0.1) is 0 Å². The van der Waals surface area contributed by atoms with Crippen molar-refractivity contribution < 1.29 is 28.5 Å². The molecule has 2 aliphatic rings. The standard InChI is InChI=1S/C20H21FN2O5/c1-12-2-7-16(20(24)25)19(22-12)23-8-17-18(9-23)27-11-15(10-26-17)28-14-5-3-13(21)4-6-14/h2-7,15,17-18H,8-11H2,1H3,(H,24,25)/t17-,18-/m0/s1. The van der Waals surface area contributed by atoms with E-state index >= 15 is 0 Å². The fraction of sp³-hybridized carbons (Fsp3) is 0.400. The molecule has 2 atom stereocenters. The van der Waals surface area contributed by atoms with Crippen molar-refractivity contribution in [2.45, 2.75) is 25.2 Å². The average molecular weight is 388 g/mol. The summed E-state index contributed by atoms with van der Waals surface area (Å²) in [5, 5.41) is 9.44. The van der Waals surface area contributed by atoms with Gasteiger partial charge in [0, 0.05) is 18.8 Å². The number of carboxylic acids is 1. The molecule has 0 radical (unpaired) electrons. The lowest BCUT2D eigenvalue weighted by Gasteiger charge is -2.21. The molecular weight excluding hydrogens is 367 g/mol. The molecule has 148 valence electrons. The highest BCUT2D eigenvalue weighted by Crippen LogP contribution is 2.28. The first-order valence-corrected chi connectivity index (χ1v) is 9.11. The first-order chi connectivity index (χ1) is 13.5. The normalized spacial score (nSPS) is 22.6. The number of aromatic nitrogens is 1. The highest BCUT2D eigenvalue weighted by atomic mass is 19.1. The zero-order chi connectivity index (χ0) is 19.7. The summed E-state index contributed by atoms with van der Waals surface area (Å²) in [6, 6.07) is 9.08. The van der Waals surface area contributed by atoms with Gasteiger partial charge in [0.25, 0.3) is 0 Å². The summed E-state index contributed by atoms with van der Waals surface area (Å²) in [6.45, 7) is 3.47. The maximum atomic E-state index is 13.0. The number of carbonyl (C=O) groups is 1. The van der Waals surface area contributed by atoms with Crippen LogP contribution in [0.25, 0.3) is 0 Å². The van der Waals surface area contributed by atoms with E-state index in [-0.39, 0.29) is 29.7 Å². The quantitative estimate of drug-likeness (QED) is 0.861. The number of nitrogens with zero attached hydrogens (tertiary/aromatic N) is 2. The first kappa shape index (κ1) is 18.6. The van der Waals surface area contributed by atoms with Crippen LogP contribution in [0.2, 0.25) is 0 Å². The van der Waals surface area contributed by atoms with Crippen LogP contribution in [-0.4, -0.2) is 60.7 Å². The van der Waals surface area contributed by atoms with Crippen LogP contribution in [0.1, 0.15) is 16.1 Å². The molecule has 28 heavy (non-hydrogen) atoms. The van der Waals surface area contributed by atoms with Gasteiger partial charge >= 0.3 is 5.97 Å². The molecule has 2 aliphatic heterocycles. The second kappa shape index (κ2) is 7.73. The number of hydrogen-bond donors (Lipinski definition) is 1. The van der Waals surface area contributed by atoms with Crippen molar-refractivity contribution in [1.82, 2.24) is 4.98 Å². The number of carboxylic acid groups (broad SMARTS) is 1. The van der Waals surface area contributed by atoms with Gasteiger partial charge in [-0.1, -0.05) is 0 Å². The number of hydrogen-bond acceptors (Lipinski definition) is 6. The van der Waals surface area contributed by atoms with Crippen LogP contribution in [0.15, 0.2) is 36.4 Å². The van der Waals surface area contributed by atoms with Crippen molar-refractivity contribution in [3.63, 3.8) is 0 Å². The van der Waals surface area contributed by atoms with E-state index < -0.39 is 5.97 Å². The number of pyridine rings is 1. The topological polar surface area (TPSA) is 81.1 Å². The number of ether oxygens (including phenoxy) is 3. The molecule has 2 saturated heterocycles. The molecule has 8 heteroatoms. The number of halogens is 1. The Labute approximate surface area is 161 Å². The van der Waals surface area contributed by atoms with E-state index in [1.165, 1.54) is 12.1 Å². The second-order valence-electron chi connectivity index (χ2n) is 6.97. The van der Waals surface area contributed by atoms with Gasteiger partial charge in [0.1, 0.15) is 41.3 Å². The van der Waals surface area contributed by atoms with Crippen molar-refractivity contribution in [2.75, 3.05) is 31.2 Å². The Balaban J connectivity index is 1.41. The smallest absolute Gasteiger partial charge is 0.339 e. The Kier molecular flexibility index (Phi) is 5.15. The van der Waals surface area contributed by atoms with Gasteiger partial charge in [0.15, 0.2) is 0 Å². The zero-order valence-electron chi connectivity index (χ0n) is 15.4. The minimum Gasteiger partial charge on any atom is -0.486 e. The molecule has 0 spiro atoms. The Morgan fingerprint density at radius 2 is 1.79 bits per heavy atom. The van der Waals surface area contributed by atoms with Gasteiger partial charge in [0.05, 0.1) is 13.2 Å². The molecule has 0 aliphatic carbocycles. The Morgan fingerprint density at radius 1 is 1.14 bits per heavy atom. The van der Waals surface area contributed by atoms with Crippen molar-refractivity contribution in [3.05, 3.63) is 53.5 Å². The van der Waals surface area contributed by atoms with E-state index in [1.807, 2.05) is 11.8 Å². The predicted octanol–water partition coefficient (Wildman–Crippen LogP) is 2.28. The van der Waals surface area contributed by atoms with Gasteiger partial charge in [0.2, 0.25) is 0 Å². The molecule has 2 fully saturated rings. The SMILES string of the molecule is Cc1ccc(C(=O)O)c(N2C[C@@H]3OCC(Oc4ccc(F)cc4)CO[C@H]3C2)n1. The monoisotopic (exact) mass is 388 g/mol. The molecule has 1 aromatic carbocycles. The van der Waals surface area contributed by atoms with Crippen molar-refractivity contribution >= 4 is 11.8 Å². The summed E-state index contributed by atoms with van der Waals surface area (Å²) in [7, 11) is 0. The number of fused-ring (bicyclic) bond motifs is 1. The van der Waals surface area contributed by atoms with Crippen molar-refractivity contribution in [2.24, 2.45) is 0 Å². The summed E-state index contributed by atoms with van der Waals surface area (Å²) < 4.78 is 30.8. The fourth-order valence-electron chi connectivity index (χ4n) is 3.47. The van der Waals surface area contributed by atoms with E-state index in [1.54, 1.807) is 24.3 Å². The molecule has 2 aromatic rings. The third kappa shape index (κ3) is 3.93. The highest BCUT2D eigenvalue weighted by molar-refractivity contribution is 5.93. The Bertz CT molecular complexity index is 844. The largest absolute Gasteiger partial charge is 0.486 e. The predicted molar refractivity (Wildman–Crippen MR) is 98.4 cm³/mol. The first-order valence-electron chi connectivity index (χ1n) is 9.11.